The molecule has 2 aromatic carbocycles. The van der Waals surface area contributed by atoms with Gasteiger partial charge in [0, 0.05) is 23.5 Å². The molecule has 1 aliphatic heterocycles. The van der Waals surface area contributed by atoms with E-state index >= 15 is 0 Å². The van der Waals surface area contributed by atoms with Crippen LogP contribution in [0.5, 0.6) is 17.5 Å². The van der Waals surface area contributed by atoms with Crippen LogP contribution in [0, 0.1) is 6.92 Å². The third kappa shape index (κ3) is 3.28. The van der Waals surface area contributed by atoms with E-state index in [2.05, 4.69) is 21.1 Å². The van der Waals surface area contributed by atoms with Crippen LogP contribution in [0.3, 0.4) is 0 Å². The van der Waals surface area contributed by atoms with Gasteiger partial charge in [-0.3, -0.25) is 4.98 Å². The third-order valence-electron chi connectivity index (χ3n) is 6.59. The average molecular weight is 488 g/mol. The van der Waals surface area contributed by atoms with E-state index in [1.54, 1.807) is 30.3 Å². The molecule has 1 atom stereocenters. The summed E-state index contributed by atoms with van der Waals surface area (Å²) < 4.78 is 15.8. The first kappa shape index (κ1) is 21.3. The van der Waals surface area contributed by atoms with Crippen LogP contribution >= 0.6 is 0 Å². The number of ether oxygens (including phenoxy) is 2. The summed E-state index contributed by atoms with van der Waals surface area (Å²) in [5.41, 5.74) is 5.91. The molecule has 7 rings (SSSR count). The number of hydrogen-bond donors (Lipinski definition) is 0. The molecule has 0 aliphatic carbocycles. The maximum absolute atomic E-state index is 6.49. The molecule has 37 heavy (non-hydrogen) atoms. The molecule has 0 spiro atoms. The molecule has 1 aliphatic rings. The summed E-state index contributed by atoms with van der Waals surface area (Å²) in [5.74, 6) is 2.10. The highest BCUT2D eigenvalue weighted by molar-refractivity contribution is 5.69. The standard InChI is InChI=1S/C28H21N7O2/c1-17-22-23(20-12-6-7-13-21(20)36-2)24-26-31-25(18-9-8-14-29-15-18)33-34(26)16-30-27(24)37-28(22)35(32-17)19-10-4-3-5-11-19/h3-16,23H,1-2H3/t23-/m0/s1. The van der Waals surface area contributed by atoms with Crippen molar-refractivity contribution in [2.45, 2.75) is 12.8 Å². The molecule has 180 valence electrons. The van der Waals surface area contributed by atoms with Gasteiger partial charge in [0.05, 0.1) is 35.5 Å². The van der Waals surface area contributed by atoms with Crippen molar-refractivity contribution in [2.75, 3.05) is 7.11 Å². The van der Waals surface area contributed by atoms with Crippen LogP contribution in [0.2, 0.25) is 0 Å². The predicted molar refractivity (Wildman–Crippen MR) is 136 cm³/mol. The number of aryl methyl sites for hydroxylation is 1. The second-order valence-corrected chi connectivity index (χ2v) is 8.74. The fourth-order valence-corrected chi connectivity index (χ4v) is 4.96. The fraction of sp³-hybridized carbons (Fsp3) is 0.107. The Balaban J connectivity index is 1.52. The van der Waals surface area contributed by atoms with E-state index in [1.165, 1.54) is 0 Å². The normalized spacial score (nSPS) is 14.2. The number of pyridine rings is 1. The van der Waals surface area contributed by atoms with E-state index in [-0.39, 0.29) is 5.92 Å². The van der Waals surface area contributed by atoms with Crippen LogP contribution in [0.15, 0.2) is 85.5 Å². The Morgan fingerprint density at radius 1 is 0.919 bits per heavy atom. The zero-order chi connectivity index (χ0) is 24.9. The minimum Gasteiger partial charge on any atom is -0.496 e. The fourth-order valence-electron chi connectivity index (χ4n) is 4.96. The van der Waals surface area contributed by atoms with Gasteiger partial charge in [-0.05, 0) is 37.3 Å². The molecule has 0 fully saturated rings. The van der Waals surface area contributed by atoms with E-state index in [1.807, 2.05) is 72.3 Å². The Hall–Kier alpha value is -5.05. The lowest BCUT2D eigenvalue weighted by Gasteiger charge is -2.27. The van der Waals surface area contributed by atoms with Gasteiger partial charge in [0.15, 0.2) is 11.5 Å². The molecule has 0 radical (unpaired) electrons. The topological polar surface area (TPSA) is 92.2 Å². The summed E-state index contributed by atoms with van der Waals surface area (Å²) in [6.45, 7) is 1.99. The van der Waals surface area contributed by atoms with Crippen molar-refractivity contribution in [3.8, 4) is 34.6 Å². The summed E-state index contributed by atoms with van der Waals surface area (Å²) in [7, 11) is 1.68. The highest BCUT2D eigenvalue weighted by atomic mass is 16.5. The van der Waals surface area contributed by atoms with Crippen molar-refractivity contribution < 1.29 is 9.47 Å². The molecule has 5 heterocycles. The number of benzene rings is 2. The number of aromatic nitrogens is 7. The van der Waals surface area contributed by atoms with Crippen molar-refractivity contribution in [1.82, 2.24) is 34.3 Å². The Kier molecular flexibility index (Phi) is 4.75. The quantitative estimate of drug-likeness (QED) is 0.346. The Labute approximate surface area is 212 Å². The maximum atomic E-state index is 6.49. The Bertz CT molecular complexity index is 1760. The molecule has 9 nitrogen and oxygen atoms in total. The first-order valence-corrected chi connectivity index (χ1v) is 11.8. The lowest BCUT2D eigenvalue weighted by Crippen LogP contribution is -2.16. The molecule has 0 unspecified atom stereocenters. The van der Waals surface area contributed by atoms with Crippen LogP contribution in [-0.4, -0.2) is 41.5 Å². The smallest absolute Gasteiger partial charge is 0.230 e. The highest BCUT2D eigenvalue weighted by Crippen LogP contribution is 2.51. The van der Waals surface area contributed by atoms with E-state index in [0.717, 1.165) is 39.4 Å². The van der Waals surface area contributed by atoms with Gasteiger partial charge in [0.1, 0.15) is 12.1 Å². The Morgan fingerprint density at radius 3 is 2.57 bits per heavy atom. The number of methoxy groups -OCH3 is 1. The zero-order valence-corrected chi connectivity index (χ0v) is 20.1. The number of rotatable bonds is 4. The van der Waals surface area contributed by atoms with Crippen molar-refractivity contribution in [3.05, 3.63) is 108 Å². The van der Waals surface area contributed by atoms with E-state index < -0.39 is 0 Å². The van der Waals surface area contributed by atoms with Crippen LogP contribution < -0.4 is 9.47 Å². The number of hydrogen-bond acceptors (Lipinski definition) is 7. The Morgan fingerprint density at radius 2 is 1.76 bits per heavy atom. The second-order valence-electron chi connectivity index (χ2n) is 8.74. The molecule has 4 aromatic heterocycles. The minimum atomic E-state index is -0.297. The van der Waals surface area contributed by atoms with E-state index in [0.29, 0.717) is 23.2 Å². The lowest BCUT2D eigenvalue weighted by molar-refractivity contribution is 0.393. The van der Waals surface area contributed by atoms with Gasteiger partial charge in [0.25, 0.3) is 0 Å². The van der Waals surface area contributed by atoms with Crippen molar-refractivity contribution in [2.24, 2.45) is 0 Å². The first-order chi connectivity index (χ1) is 18.2. The third-order valence-corrected chi connectivity index (χ3v) is 6.59. The van der Waals surface area contributed by atoms with Gasteiger partial charge in [-0.25, -0.2) is 19.2 Å². The molecule has 0 amide bonds. The van der Waals surface area contributed by atoms with Gasteiger partial charge in [0.2, 0.25) is 11.8 Å². The van der Waals surface area contributed by atoms with Gasteiger partial charge in [-0.1, -0.05) is 36.4 Å². The van der Waals surface area contributed by atoms with Gasteiger partial charge in [-0.2, -0.15) is 5.10 Å². The molecule has 0 saturated carbocycles. The largest absolute Gasteiger partial charge is 0.496 e. The number of nitrogens with zero attached hydrogens (tertiary/aromatic N) is 7. The van der Waals surface area contributed by atoms with E-state index in [4.69, 9.17) is 19.6 Å². The number of fused-ring (bicyclic) bond motifs is 4. The van der Waals surface area contributed by atoms with E-state index in [9.17, 15) is 0 Å². The minimum absolute atomic E-state index is 0.297. The molecule has 0 bridgehead atoms. The zero-order valence-electron chi connectivity index (χ0n) is 20.1. The average Bonchev–Trinajstić information content (AvgIpc) is 3.54. The van der Waals surface area contributed by atoms with Crippen molar-refractivity contribution >= 4 is 5.65 Å². The molecule has 0 N–H and O–H groups in total. The maximum Gasteiger partial charge on any atom is 0.230 e. The number of para-hydroxylation sites is 2. The van der Waals surface area contributed by atoms with Crippen LogP contribution in [0.4, 0.5) is 0 Å². The summed E-state index contributed by atoms with van der Waals surface area (Å²) >= 11 is 0. The molecule has 0 saturated heterocycles. The van der Waals surface area contributed by atoms with Gasteiger partial charge >= 0.3 is 0 Å². The van der Waals surface area contributed by atoms with Crippen LogP contribution in [0.1, 0.15) is 28.3 Å². The van der Waals surface area contributed by atoms with Crippen molar-refractivity contribution in [3.63, 3.8) is 0 Å². The lowest BCUT2D eigenvalue weighted by atomic mass is 9.84. The summed E-state index contributed by atoms with van der Waals surface area (Å²) in [4.78, 5) is 13.8. The van der Waals surface area contributed by atoms with Crippen LogP contribution in [0.25, 0.3) is 22.7 Å². The summed E-state index contributed by atoms with van der Waals surface area (Å²) in [6, 6.07) is 21.7. The first-order valence-electron chi connectivity index (χ1n) is 11.8. The predicted octanol–water partition coefficient (Wildman–Crippen LogP) is 4.97. The van der Waals surface area contributed by atoms with Crippen LogP contribution in [-0.2, 0) is 0 Å². The van der Waals surface area contributed by atoms with Crippen molar-refractivity contribution in [1.29, 1.82) is 0 Å². The SMILES string of the molecule is COc1ccccc1[C@H]1c2c(C)nn(-c3ccccc3)c2Oc2ncn3nc(-c4cccnc4)nc3c21. The monoisotopic (exact) mass is 487 g/mol. The molecular weight excluding hydrogens is 466 g/mol. The second kappa shape index (κ2) is 8.27. The van der Waals surface area contributed by atoms with Gasteiger partial charge in [-0.15, -0.1) is 5.10 Å². The summed E-state index contributed by atoms with van der Waals surface area (Å²) in [6.07, 6.45) is 5.10. The molecular formula is C28H21N7O2. The molecule has 9 heteroatoms. The van der Waals surface area contributed by atoms with Gasteiger partial charge < -0.3 is 9.47 Å². The highest BCUT2D eigenvalue weighted by Gasteiger charge is 2.39. The summed E-state index contributed by atoms with van der Waals surface area (Å²) in [5, 5.41) is 9.57. The molecule has 6 aromatic rings.